The SMILES string of the molecule is COc1ccccc1Oc1ccc(NC(=O)CNC(=O)c2ccoc2C)cc1. The van der Waals surface area contributed by atoms with Crippen molar-refractivity contribution < 1.29 is 23.5 Å². The molecule has 1 aromatic heterocycles. The number of carbonyl (C=O) groups excluding carboxylic acids is 2. The Labute approximate surface area is 162 Å². The highest BCUT2D eigenvalue weighted by Crippen LogP contribution is 2.31. The van der Waals surface area contributed by atoms with Gasteiger partial charge in [-0.3, -0.25) is 9.59 Å². The molecule has 144 valence electrons. The fraction of sp³-hybridized carbons (Fsp3) is 0.143. The van der Waals surface area contributed by atoms with Gasteiger partial charge in [-0.1, -0.05) is 12.1 Å². The lowest BCUT2D eigenvalue weighted by atomic mass is 10.2. The third kappa shape index (κ3) is 4.70. The van der Waals surface area contributed by atoms with Crippen molar-refractivity contribution in [2.75, 3.05) is 19.0 Å². The number of aryl methyl sites for hydroxylation is 1. The van der Waals surface area contributed by atoms with Crippen molar-refractivity contribution in [1.82, 2.24) is 5.32 Å². The van der Waals surface area contributed by atoms with Gasteiger partial charge < -0.3 is 24.5 Å². The maximum atomic E-state index is 12.0. The Morgan fingerprint density at radius 3 is 2.36 bits per heavy atom. The molecule has 28 heavy (non-hydrogen) atoms. The molecule has 2 aromatic carbocycles. The van der Waals surface area contributed by atoms with Gasteiger partial charge in [0.1, 0.15) is 11.5 Å². The lowest BCUT2D eigenvalue weighted by Gasteiger charge is -2.11. The molecule has 0 fully saturated rings. The molecule has 3 rings (SSSR count). The quantitative estimate of drug-likeness (QED) is 0.651. The Balaban J connectivity index is 1.53. The van der Waals surface area contributed by atoms with E-state index >= 15 is 0 Å². The Morgan fingerprint density at radius 1 is 1.00 bits per heavy atom. The fourth-order valence-electron chi connectivity index (χ4n) is 2.52. The number of amides is 2. The summed E-state index contributed by atoms with van der Waals surface area (Å²) < 4.78 is 16.1. The van der Waals surface area contributed by atoms with Crippen molar-refractivity contribution in [3.63, 3.8) is 0 Å². The molecule has 2 amide bonds. The summed E-state index contributed by atoms with van der Waals surface area (Å²) in [5.74, 6) is 1.63. The van der Waals surface area contributed by atoms with E-state index in [9.17, 15) is 9.59 Å². The smallest absolute Gasteiger partial charge is 0.255 e. The van der Waals surface area contributed by atoms with Crippen molar-refractivity contribution in [3.05, 3.63) is 72.2 Å². The van der Waals surface area contributed by atoms with Crippen molar-refractivity contribution >= 4 is 17.5 Å². The molecule has 7 nitrogen and oxygen atoms in total. The zero-order chi connectivity index (χ0) is 19.9. The van der Waals surface area contributed by atoms with E-state index in [-0.39, 0.29) is 18.4 Å². The minimum absolute atomic E-state index is 0.150. The molecule has 0 saturated carbocycles. The second kappa shape index (κ2) is 8.77. The lowest BCUT2D eigenvalue weighted by Crippen LogP contribution is -2.32. The van der Waals surface area contributed by atoms with Gasteiger partial charge in [0.2, 0.25) is 5.91 Å². The number of methoxy groups -OCH3 is 1. The van der Waals surface area contributed by atoms with Crippen LogP contribution in [0.5, 0.6) is 17.2 Å². The topological polar surface area (TPSA) is 89.8 Å². The predicted molar refractivity (Wildman–Crippen MR) is 104 cm³/mol. The van der Waals surface area contributed by atoms with E-state index in [0.29, 0.717) is 34.3 Å². The average molecular weight is 380 g/mol. The first-order valence-corrected chi connectivity index (χ1v) is 8.60. The molecule has 7 heteroatoms. The number of anilines is 1. The number of hydrogen-bond donors (Lipinski definition) is 2. The highest BCUT2D eigenvalue weighted by Gasteiger charge is 2.12. The standard InChI is InChI=1S/C21H20N2O5/c1-14-17(11-12-27-14)21(25)22-13-20(24)23-15-7-9-16(10-8-15)28-19-6-4-3-5-18(19)26-2/h3-12H,13H2,1-2H3,(H,22,25)(H,23,24). The first-order chi connectivity index (χ1) is 13.6. The van der Waals surface area contributed by atoms with Crippen LogP contribution in [-0.4, -0.2) is 25.5 Å². The van der Waals surface area contributed by atoms with Crippen LogP contribution in [0.4, 0.5) is 5.69 Å². The number of carbonyl (C=O) groups is 2. The first kappa shape index (κ1) is 19.0. The average Bonchev–Trinajstić information content (AvgIpc) is 3.14. The van der Waals surface area contributed by atoms with Gasteiger partial charge in [-0.15, -0.1) is 0 Å². The minimum Gasteiger partial charge on any atom is -0.493 e. The van der Waals surface area contributed by atoms with Crippen LogP contribution in [0.2, 0.25) is 0 Å². The molecule has 0 aliphatic carbocycles. The molecule has 0 spiro atoms. The van der Waals surface area contributed by atoms with Crippen LogP contribution in [-0.2, 0) is 4.79 Å². The van der Waals surface area contributed by atoms with Gasteiger partial charge in [0.25, 0.3) is 5.91 Å². The molecule has 0 atom stereocenters. The van der Waals surface area contributed by atoms with Crippen LogP contribution < -0.4 is 20.1 Å². The third-order valence-electron chi connectivity index (χ3n) is 3.95. The van der Waals surface area contributed by atoms with E-state index < -0.39 is 0 Å². The minimum atomic E-state index is -0.359. The molecule has 0 unspecified atom stereocenters. The van der Waals surface area contributed by atoms with E-state index in [4.69, 9.17) is 13.9 Å². The normalized spacial score (nSPS) is 10.2. The Morgan fingerprint density at radius 2 is 1.71 bits per heavy atom. The maximum absolute atomic E-state index is 12.0. The molecule has 1 heterocycles. The summed E-state index contributed by atoms with van der Waals surface area (Å²) in [5, 5.41) is 5.27. The molecular formula is C21H20N2O5. The molecule has 3 aromatic rings. The third-order valence-corrected chi connectivity index (χ3v) is 3.95. The summed E-state index contributed by atoms with van der Waals surface area (Å²) in [5.41, 5.74) is 0.997. The predicted octanol–water partition coefficient (Wildman–Crippen LogP) is 3.76. The van der Waals surface area contributed by atoms with Crippen LogP contribution in [0.25, 0.3) is 0 Å². The van der Waals surface area contributed by atoms with Crippen LogP contribution in [0.1, 0.15) is 16.1 Å². The molecule has 2 N–H and O–H groups in total. The van der Waals surface area contributed by atoms with Crippen LogP contribution in [0.15, 0.2) is 65.3 Å². The molecule has 0 aliphatic rings. The van der Waals surface area contributed by atoms with Gasteiger partial charge >= 0.3 is 0 Å². The largest absolute Gasteiger partial charge is 0.493 e. The van der Waals surface area contributed by atoms with Crippen LogP contribution in [0, 0.1) is 6.92 Å². The number of ether oxygens (including phenoxy) is 2. The summed E-state index contributed by atoms with van der Waals surface area (Å²) in [4.78, 5) is 24.0. The van der Waals surface area contributed by atoms with E-state index in [2.05, 4.69) is 10.6 Å². The van der Waals surface area contributed by atoms with Gasteiger partial charge in [-0.25, -0.2) is 0 Å². The monoisotopic (exact) mass is 380 g/mol. The van der Waals surface area contributed by atoms with Crippen molar-refractivity contribution in [3.8, 4) is 17.2 Å². The van der Waals surface area contributed by atoms with E-state index in [1.54, 1.807) is 50.4 Å². The van der Waals surface area contributed by atoms with Crippen LogP contribution >= 0.6 is 0 Å². The first-order valence-electron chi connectivity index (χ1n) is 8.60. The number of hydrogen-bond acceptors (Lipinski definition) is 5. The molecule has 0 saturated heterocycles. The van der Waals surface area contributed by atoms with Crippen molar-refractivity contribution in [1.29, 1.82) is 0 Å². The van der Waals surface area contributed by atoms with Crippen molar-refractivity contribution in [2.24, 2.45) is 0 Å². The van der Waals surface area contributed by atoms with Gasteiger partial charge in [-0.2, -0.15) is 0 Å². The van der Waals surface area contributed by atoms with E-state index in [1.807, 2.05) is 18.2 Å². The number of nitrogens with one attached hydrogen (secondary N) is 2. The number of para-hydroxylation sites is 2. The number of benzene rings is 2. The number of rotatable bonds is 7. The zero-order valence-corrected chi connectivity index (χ0v) is 15.5. The summed E-state index contributed by atoms with van der Waals surface area (Å²) in [7, 11) is 1.58. The van der Waals surface area contributed by atoms with Gasteiger partial charge in [0.15, 0.2) is 11.5 Å². The molecular weight excluding hydrogens is 360 g/mol. The Bertz CT molecular complexity index is 963. The highest BCUT2D eigenvalue weighted by molar-refractivity contribution is 5.99. The highest BCUT2D eigenvalue weighted by atomic mass is 16.5. The Hall–Kier alpha value is -3.74. The van der Waals surface area contributed by atoms with Crippen LogP contribution in [0.3, 0.4) is 0 Å². The second-order valence-electron chi connectivity index (χ2n) is 5.90. The Kier molecular flexibility index (Phi) is 5.96. The summed E-state index contributed by atoms with van der Waals surface area (Å²) in [6.45, 7) is 1.53. The van der Waals surface area contributed by atoms with Gasteiger partial charge in [-0.05, 0) is 49.4 Å². The summed E-state index contributed by atoms with van der Waals surface area (Å²) in [6.07, 6.45) is 1.43. The molecule has 0 bridgehead atoms. The number of furan rings is 1. The van der Waals surface area contributed by atoms with E-state index in [0.717, 1.165) is 0 Å². The lowest BCUT2D eigenvalue weighted by molar-refractivity contribution is -0.115. The molecule has 0 aliphatic heterocycles. The van der Waals surface area contributed by atoms with Crippen molar-refractivity contribution in [2.45, 2.75) is 6.92 Å². The van der Waals surface area contributed by atoms with Gasteiger partial charge in [0, 0.05) is 5.69 Å². The van der Waals surface area contributed by atoms with Gasteiger partial charge in [0.05, 0.1) is 25.5 Å². The fourth-order valence-corrected chi connectivity index (χ4v) is 2.52. The zero-order valence-electron chi connectivity index (χ0n) is 15.5. The summed E-state index contributed by atoms with van der Waals surface area (Å²) in [6, 6.07) is 15.8. The molecule has 0 radical (unpaired) electrons. The summed E-state index contributed by atoms with van der Waals surface area (Å²) >= 11 is 0. The van der Waals surface area contributed by atoms with E-state index in [1.165, 1.54) is 6.26 Å². The second-order valence-corrected chi connectivity index (χ2v) is 5.90. The maximum Gasteiger partial charge on any atom is 0.255 e.